The number of sulfonamides is 1. The zero-order chi connectivity index (χ0) is 21.9. The van der Waals surface area contributed by atoms with Crippen LogP contribution in [0.4, 0.5) is 5.69 Å². The van der Waals surface area contributed by atoms with Crippen molar-refractivity contribution in [1.82, 2.24) is 0 Å². The molecule has 0 saturated carbocycles. The molecule has 0 atom stereocenters. The van der Waals surface area contributed by atoms with E-state index in [1.54, 1.807) is 30.3 Å². The number of anilines is 1. The summed E-state index contributed by atoms with van der Waals surface area (Å²) in [5.74, 6) is -0.590. The molecule has 0 N–H and O–H groups in total. The van der Waals surface area contributed by atoms with Crippen LogP contribution in [0.3, 0.4) is 0 Å². The van der Waals surface area contributed by atoms with E-state index in [4.69, 9.17) is 0 Å². The lowest BCUT2D eigenvalue weighted by molar-refractivity contribution is 0.101. The molecular formula is C22H21Br2NO3S2. The Balaban J connectivity index is 2.08. The van der Waals surface area contributed by atoms with Gasteiger partial charge in [-0.05, 0) is 87.5 Å². The number of hydrogen-bond donors (Lipinski definition) is 0. The average Bonchev–Trinajstić information content (AvgIpc) is 3.06. The van der Waals surface area contributed by atoms with Gasteiger partial charge in [-0.3, -0.25) is 4.79 Å². The number of carbonyl (C=O) groups is 1. The largest absolute Gasteiger partial charge is 0.282 e. The van der Waals surface area contributed by atoms with E-state index in [0.717, 1.165) is 38.5 Å². The van der Waals surface area contributed by atoms with Gasteiger partial charge in [-0.2, -0.15) is 4.31 Å². The van der Waals surface area contributed by atoms with Crippen LogP contribution in [0.5, 0.6) is 0 Å². The molecule has 0 aliphatic rings. The lowest BCUT2D eigenvalue weighted by Crippen LogP contribution is -2.36. The summed E-state index contributed by atoms with van der Waals surface area (Å²) in [6.45, 7) is 4.01. The molecule has 8 heteroatoms. The van der Waals surface area contributed by atoms with Crippen molar-refractivity contribution in [1.29, 1.82) is 0 Å². The highest BCUT2D eigenvalue weighted by Gasteiger charge is 2.33. The van der Waals surface area contributed by atoms with Crippen molar-refractivity contribution in [3.8, 4) is 0 Å². The molecule has 0 aliphatic carbocycles. The number of amides is 1. The maximum atomic E-state index is 13.5. The molecular weight excluding hydrogens is 550 g/mol. The highest BCUT2D eigenvalue weighted by atomic mass is 79.9. The third kappa shape index (κ3) is 5.04. The molecule has 4 nitrogen and oxygen atoms in total. The van der Waals surface area contributed by atoms with Crippen molar-refractivity contribution in [3.63, 3.8) is 0 Å². The first-order valence-corrected chi connectivity index (χ1v) is 13.3. The van der Waals surface area contributed by atoms with Crippen molar-refractivity contribution in [3.05, 3.63) is 78.9 Å². The minimum atomic E-state index is -4.09. The summed E-state index contributed by atoms with van der Waals surface area (Å²) >= 11 is 7.94. The second-order valence-electron chi connectivity index (χ2n) is 6.89. The van der Waals surface area contributed by atoms with Crippen LogP contribution in [0.15, 0.2) is 67.8 Å². The molecule has 0 aliphatic heterocycles. The first-order valence-electron chi connectivity index (χ1n) is 9.44. The minimum absolute atomic E-state index is 0.0752. The summed E-state index contributed by atoms with van der Waals surface area (Å²) in [7, 11) is -4.09. The molecule has 30 heavy (non-hydrogen) atoms. The number of thiophene rings is 1. The molecule has 3 aromatic rings. The van der Waals surface area contributed by atoms with Gasteiger partial charge in [0.2, 0.25) is 0 Å². The summed E-state index contributed by atoms with van der Waals surface area (Å²) in [6.07, 6.45) is 3.05. The van der Waals surface area contributed by atoms with Crippen LogP contribution in [0.25, 0.3) is 0 Å². The Kier molecular flexibility index (Phi) is 7.55. The predicted octanol–water partition coefficient (Wildman–Crippen LogP) is 6.96. The molecule has 1 heterocycles. The first kappa shape index (κ1) is 23.2. The van der Waals surface area contributed by atoms with Crippen LogP contribution < -0.4 is 4.31 Å². The quantitative estimate of drug-likeness (QED) is 0.308. The second-order valence-corrected chi connectivity index (χ2v) is 11.9. The zero-order valence-electron chi connectivity index (χ0n) is 16.6. The van der Waals surface area contributed by atoms with Gasteiger partial charge in [-0.1, -0.05) is 43.2 Å². The molecule has 0 spiro atoms. The van der Waals surface area contributed by atoms with E-state index >= 15 is 0 Å². The van der Waals surface area contributed by atoms with Crippen LogP contribution in [0.1, 0.15) is 40.6 Å². The third-order valence-corrected chi connectivity index (χ3v) is 9.56. The highest BCUT2D eigenvalue weighted by molar-refractivity contribution is 9.13. The van der Waals surface area contributed by atoms with E-state index in [2.05, 4.69) is 38.8 Å². The Labute approximate surface area is 198 Å². The number of carbonyl (C=O) groups excluding carboxylic acids is 1. The average molecular weight is 571 g/mol. The van der Waals surface area contributed by atoms with Crippen molar-refractivity contribution < 1.29 is 13.2 Å². The van der Waals surface area contributed by atoms with Crippen LogP contribution in [0, 0.1) is 6.92 Å². The van der Waals surface area contributed by atoms with Crippen LogP contribution in [0.2, 0.25) is 0 Å². The molecule has 0 saturated heterocycles. The van der Waals surface area contributed by atoms with Gasteiger partial charge in [0.1, 0.15) is 0 Å². The Morgan fingerprint density at radius 1 is 1.03 bits per heavy atom. The summed E-state index contributed by atoms with van der Waals surface area (Å²) in [5.41, 5.74) is 2.38. The van der Waals surface area contributed by atoms with E-state index < -0.39 is 15.9 Å². The second kappa shape index (κ2) is 9.77. The fourth-order valence-corrected chi connectivity index (χ4v) is 6.34. The summed E-state index contributed by atoms with van der Waals surface area (Å²) in [6, 6.07) is 15.3. The van der Waals surface area contributed by atoms with Gasteiger partial charge in [0, 0.05) is 4.47 Å². The van der Waals surface area contributed by atoms with E-state index in [1.807, 2.05) is 19.1 Å². The van der Waals surface area contributed by atoms with E-state index in [0.29, 0.717) is 15.0 Å². The summed E-state index contributed by atoms with van der Waals surface area (Å²) in [5, 5.41) is 0. The van der Waals surface area contributed by atoms with Crippen LogP contribution in [-0.2, 0) is 16.4 Å². The zero-order valence-corrected chi connectivity index (χ0v) is 21.4. The van der Waals surface area contributed by atoms with Gasteiger partial charge >= 0.3 is 0 Å². The van der Waals surface area contributed by atoms with Crippen LogP contribution in [-0.4, -0.2) is 14.3 Å². The molecule has 0 bridgehead atoms. The molecule has 158 valence electrons. The monoisotopic (exact) mass is 569 g/mol. The third-order valence-electron chi connectivity index (χ3n) is 4.59. The van der Waals surface area contributed by atoms with Crippen molar-refractivity contribution in [2.24, 2.45) is 0 Å². The normalized spacial score (nSPS) is 11.5. The smallest absolute Gasteiger partial charge is 0.267 e. The molecule has 3 rings (SSSR count). The predicted molar refractivity (Wildman–Crippen MR) is 130 cm³/mol. The number of nitrogens with zero attached hydrogens (tertiary/aromatic N) is 1. The number of unbranched alkanes of at least 4 members (excludes halogenated alkanes) is 1. The van der Waals surface area contributed by atoms with E-state index in [9.17, 15) is 13.2 Å². The maximum absolute atomic E-state index is 13.5. The van der Waals surface area contributed by atoms with Crippen molar-refractivity contribution in [2.45, 2.75) is 38.0 Å². The van der Waals surface area contributed by atoms with Crippen molar-refractivity contribution >= 4 is 64.8 Å². The Hall–Kier alpha value is -1.48. The highest BCUT2D eigenvalue weighted by Crippen LogP contribution is 2.35. The van der Waals surface area contributed by atoms with Gasteiger partial charge < -0.3 is 0 Å². The SMILES string of the molecule is CCCCc1ccc(N(C(=O)c2cc(Br)c(Br)s2)S(=O)(=O)c2ccc(C)cc2)cc1. The van der Waals surface area contributed by atoms with Gasteiger partial charge in [-0.15, -0.1) is 11.3 Å². The number of aryl methyl sites for hydroxylation is 2. The lowest BCUT2D eigenvalue weighted by Gasteiger charge is -2.22. The number of rotatable bonds is 7. The molecule has 0 fully saturated rings. The Morgan fingerprint density at radius 3 is 2.20 bits per heavy atom. The van der Waals surface area contributed by atoms with E-state index in [1.165, 1.54) is 23.5 Å². The fraction of sp³-hybridized carbons (Fsp3) is 0.227. The molecule has 0 unspecified atom stereocenters. The Morgan fingerprint density at radius 2 is 1.67 bits per heavy atom. The number of halogens is 2. The summed E-state index contributed by atoms with van der Waals surface area (Å²) in [4.78, 5) is 13.8. The molecule has 1 amide bonds. The lowest BCUT2D eigenvalue weighted by atomic mass is 10.1. The van der Waals surface area contributed by atoms with Crippen molar-refractivity contribution in [2.75, 3.05) is 4.31 Å². The van der Waals surface area contributed by atoms with Gasteiger partial charge in [0.15, 0.2) is 0 Å². The minimum Gasteiger partial charge on any atom is -0.267 e. The number of benzene rings is 2. The fourth-order valence-electron chi connectivity index (χ4n) is 2.91. The van der Waals surface area contributed by atoms with Gasteiger partial charge in [-0.25, -0.2) is 8.42 Å². The molecule has 0 radical (unpaired) electrons. The van der Waals surface area contributed by atoms with Crippen LogP contribution >= 0.6 is 43.2 Å². The summed E-state index contributed by atoms with van der Waals surface area (Å²) < 4.78 is 29.3. The maximum Gasteiger partial charge on any atom is 0.282 e. The first-order chi connectivity index (χ1) is 14.2. The van der Waals surface area contributed by atoms with E-state index in [-0.39, 0.29) is 4.90 Å². The molecule has 2 aromatic carbocycles. The van der Waals surface area contributed by atoms with Gasteiger partial charge in [0.05, 0.1) is 19.2 Å². The van der Waals surface area contributed by atoms with Gasteiger partial charge in [0.25, 0.3) is 15.9 Å². The topological polar surface area (TPSA) is 54.5 Å². The standard InChI is InChI=1S/C22H21Br2NO3S2/c1-3-4-5-16-8-10-17(11-9-16)25(22(26)20-14-19(23)21(24)29-20)30(27,28)18-12-6-15(2)7-13-18/h6-14H,3-5H2,1-2H3. The Bertz CT molecular complexity index is 1120. The molecule has 1 aromatic heterocycles. The number of hydrogen-bond acceptors (Lipinski definition) is 4.